The van der Waals surface area contributed by atoms with Gasteiger partial charge in [0.25, 0.3) is 10.0 Å². The topological polar surface area (TPSA) is 115 Å². The third-order valence-corrected chi connectivity index (χ3v) is 6.26. The van der Waals surface area contributed by atoms with Gasteiger partial charge in [0, 0.05) is 31.8 Å². The standard InChI is InChI=1S/C22H16ClF2N7O2S/c1-13-20(7-15(23)10-26-13)35(33,34)31-19-6-5-18(24)17(21(19)25)4-3-14-8-27-22(28-9-14)30-16-11-29-32(2)12-16/h5-12,31H,1-2H3,(H,27,28,30). The number of anilines is 3. The number of nitrogens with one attached hydrogen (secondary N) is 2. The van der Waals surface area contributed by atoms with Gasteiger partial charge in [-0.1, -0.05) is 23.4 Å². The first-order valence-corrected chi connectivity index (χ1v) is 11.7. The van der Waals surface area contributed by atoms with Crippen molar-refractivity contribution in [1.29, 1.82) is 0 Å². The normalized spacial score (nSPS) is 11.0. The molecule has 0 atom stereocenters. The van der Waals surface area contributed by atoms with Crippen LogP contribution in [0.4, 0.5) is 26.1 Å². The van der Waals surface area contributed by atoms with Crippen molar-refractivity contribution in [3.8, 4) is 11.8 Å². The highest BCUT2D eigenvalue weighted by atomic mass is 35.5. The molecule has 4 rings (SSSR count). The fraction of sp³-hybridized carbons (Fsp3) is 0.0909. The van der Waals surface area contributed by atoms with Crippen molar-refractivity contribution < 1.29 is 17.2 Å². The van der Waals surface area contributed by atoms with Gasteiger partial charge in [-0.3, -0.25) is 14.4 Å². The van der Waals surface area contributed by atoms with Gasteiger partial charge in [0.1, 0.15) is 10.7 Å². The van der Waals surface area contributed by atoms with E-state index in [-0.39, 0.29) is 27.1 Å². The Hall–Kier alpha value is -4.08. The average molecular weight is 516 g/mol. The van der Waals surface area contributed by atoms with Crippen LogP contribution in [0, 0.1) is 30.4 Å². The minimum Gasteiger partial charge on any atom is -0.321 e. The van der Waals surface area contributed by atoms with Crippen LogP contribution in [0.5, 0.6) is 0 Å². The number of aromatic nitrogens is 5. The first-order valence-electron chi connectivity index (χ1n) is 9.85. The maximum absolute atomic E-state index is 15.0. The summed E-state index contributed by atoms with van der Waals surface area (Å²) in [5.74, 6) is 3.09. The zero-order valence-electron chi connectivity index (χ0n) is 18.2. The number of aryl methyl sites for hydroxylation is 2. The zero-order valence-corrected chi connectivity index (χ0v) is 19.8. The maximum atomic E-state index is 15.0. The lowest BCUT2D eigenvalue weighted by Crippen LogP contribution is -2.16. The highest BCUT2D eigenvalue weighted by Gasteiger charge is 2.22. The van der Waals surface area contributed by atoms with E-state index in [1.54, 1.807) is 24.1 Å². The molecular formula is C22H16ClF2N7O2S. The van der Waals surface area contributed by atoms with Gasteiger partial charge in [0.2, 0.25) is 5.95 Å². The Kier molecular flexibility index (Phi) is 6.63. The molecular weight excluding hydrogens is 500 g/mol. The predicted molar refractivity (Wildman–Crippen MR) is 126 cm³/mol. The van der Waals surface area contributed by atoms with E-state index in [0.717, 1.165) is 12.1 Å². The smallest absolute Gasteiger partial charge is 0.263 e. The quantitative estimate of drug-likeness (QED) is 0.389. The lowest BCUT2D eigenvalue weighted by atomic mass is 10.1. The summed E-state index contributed by atoms with van der Waals surface area (Å²) in [4.78, 5) is 11.8. The minimum atomic E-state index is -4.26. The molecule has 0 amide bonds. The molecule has 0 bridgehead atoms. The Morgan fingerprint density at radius 3 is 2.49 bits per heavy atom. The van der Waals surface area contributed by atoms with Crippen molar-refractivity contribution in [3.63, 3.8) is 0 Å². The van der Waals surface area contributed by atoms with Crippen LogP contribution in [0.3, 0.4) is 0 Å². The lowest BCUT2D eigenvalue weighted by Gasteiger charge is -2.12. The first kappa shape index (κ1) is 24.1. The molecule has 3 aromatic heterocycles. The van der Waals surface area contributed by atoms with E-state index in [2.05, 4.69) is 41.9 Å². The molecule has 3 heterocycles. The highest BCUT2D eigenvalue weighted by Crippen LogP contribution is 2.25. The third kappa shape index (κ3) is 5.53. The van der Waals surface area contributed by atoms with Crippen LogP contribution in [0.2, 0.25) is 5.02 Å². The zero-order chi connectivity index (χ0) is 25.2. The van der Waals surface area contributed by atoms with E-state index >= 15 is 4.39 Å². The van der Waals surface area contributed by atoms with Crippen molar-refractivity contribution in [2.75, 3.05) is 10.0 Å². The summed E-state index contributed by atoms with van der Waals surface area (Å²) < 4.78 is 58.5. The Balaban J connectivity index is 1.58. The van der Waals surface area contributed by atoms with Crippen LogP contribution < -0.4 is 10.0 Å². The highest BCUT2D eigenvalue weighted by molar-refractivity contribution is 7.92. The summed E-state index contributed by atoms with van der Waals surface area (Å²) in [6, 6.07) is 3.05. The second-order valence-electron chi connectivity index (χ2n) is 7.20. The molecule has 0 saturated carbocycles. The van der Waals surface area contributed by atoms with Gasteiger partial charge in [0.15, 0.2) is 5.82 Å². The fourth-order valence-electron chi connectivity index (χ4n) is 2.91. The Labute approximate surface area is 204 Å². The molecule has 4 aromatic rings. The summed E-state index contributed by atoms with van der Waals surface area (Å²) in [5.41, 5.74) is 0.0163. The molecule has 9 nitrogen and oxygen atoms in total. The van der Waals surface area contributed by atoms with Crippen LogP contribution in [-0.2, 0) is 17.1 Å². The number of halogens is 3. The van der Waals surface area contributed by atoms with Gasteiger partial charge in [-0.2, -0.15) is 5.10 Å². The van der Waals surface area contributed by atoms with Crippen LogP contribution >= 0.6 is 11.6 Å². The van der Waals surface area contributed by atoms with E-state index in [4.69, 9.17) is 11.6 Å². The molecule has 0 spiro atoms. The van der Waals surface area contributed by atoms with Gasteiger partial charge in [-0.25, -0.2) is 27.2 Å². The SMILES string of the molecule is Cc1ncc(Cl)cc1S(=O)(=O)Nc1ccc(F)c(C#Cc2cnc(Nc3cnn(C)c3)nc2)c1F. The summed E-state index contributed by atoms with van der Waals surface area (Å²) in [7, 11) is -2.49. The van der Waals surface area contributed by atoms with E-state index in [1.807, 2.05) is 0 Å². The van der Waals surface area contributed by atoms with Gasteiger partial charge < -0.3 is 5.32 Å². The molecule has 0 aliphatic rings. The second kappa shape index (κ2) is 9.65. The molecule has 13 heteroatoms. The van der Waals surface area contributed by atoms with E-state index < -0.39 is 32.9 Å². The number of hydrogen-bond acceptors (Lipinski definition) is 7. The molecule has 178 valence electrons. The predicted octanol–water partition coefficient (Wildman–Crippen LogP) is 3.79. The Morgan fingerprint density at radius 1 is 1.06 bits per heavy atom. The number of hydrogen-bond donors (Lipinski definition) is 2. The Bertz CT molecular complexity index is 1580. The van der Waals surface area contributed by atoms with E-state index in [1.165, 1.54) is 31.6 Å². The van der Waals surface area contributed by atoms with Crippen LogP contribution in [0.15, 0.2) is 54.1 Å². The van der Waals surface area contributed by atoms with E-state index in [9.17, 15) is 12.8 Å². The Morgan fingerprint density at radius 2 is 1.80 bits per heavy atom. The van der Waals surface area contributed by atoms with Crippen molar-refractivity contribution in [2.24, 2.45) is 7.05 Å². The van der Waals surface area contributed by atoms with Crippen LogP contribution in [0.1, 0.15) is 16.8 Å². The number of sulfonamides is 1. The minimum absolute atomic E-state index is 0.0889. The largest absolute Gasteiger partial charge is 0.321 e. The third-order valence-electron chi connectivity index (χ3n) is 4.58. The summed E-state index contributed by atoms with van der Waals surface area (Å²) >= 11 is 5.84. The summed E-state index contributed by atoms with van der Waals surface area (Å²) in [6.07, 6.45) is 7.35. The molecule has 2 N–H and O–H groups in total. The summed E-state index contributed by atoms with van der Waals surface area (Å²) in [6.45, 7) is 1.46. The second-order valence-corrected chi connectivity index (χ2v) is 9.29. The lowest BCUT2D eigenvalue weighted by molar-refractivity contribution is 0.577. The van der Waals surface area contributed by atoms with Crippen molar-refractivity contribution in [1.82, 2.24) is 24.7 Å². The summed E-state index contributed by atoms with van der Waals surface area (Å²) in [5, 5.41) is 7.05. The number of pyridine rings is 1. The molecule has 1 aromatic carbocycles. The number of nitrogens with zero attached hydrogens (tertiary/aromatic N) is 5. The molecule has 35 heavy (non-hydrogen) atoms. The van der Waals surface area contributed by atoms with Crippen LogP contribution in [0.25, 0.3) is 0 Å². The molecule has 0 radical (unpaired) electrons. The molecule has 0 aliphatic carbocycles. The van der Waals surface area contributed by atoms with Gasteiger partial charge in [-0.05, 0) is 25.1 Å². The number of rotatable bonds is 5. The van der Waals surface area contributed by atoms with Crippen molar-refractivity contribution in [3.05, 3.63) is 82.7 Å². The average Bonchev–Trinajstić information content (AvgIpc) is 3.22. The van der Waals surface area contributed by atoms with E-state index in [0.29, 0.717) is 5.69 Å². The first-order chi connectivity index (χ1) is 16.6. The van der Waals surface area contributed by atoms with Crippen molar-refractivity contribution >= 4 is 38.9 Å². The fourth-order valence-corrected chi connectivity index (χ4v) is 4.42. The monoisotopic (exact) mass is 515 g/mol. The van der Waals surface area contributed by atoms with Gasteiger partial charge >= 0.3 is 0 Å². The van der Waals surface area contributed by atoms with Crippen LogP contribution in [-0.4, -0.2) is 33.2 Å². The maximum Gasteiger partial charge on any atom is 0.263 e. The van der Waals surface area contributed by atoms with Gasteiger partial charge in [0.05, 0.1) is 39.4 Å². The van der Waals surface area contributed by atoms with Gasteiger partial charge in [-0.15, -0.1) is 0 Å². The molecule has 0 fully saturated rings. The van der Waals surface area contributed by atoms with Crippen molar-refractivity contribution in [2.45, 2.75) is 11.8 Å². The molecule has 0 aliphatic heterocycles. The number of benzene rings is 1. The molecule has 0 saturated heterocycles. The molecule has 0 unspecified atom stereocenters.